The molecule has 0 saturated heterocycles. The van der Waals surface area contributed by atoms with Crippen molar-refractivity contribution in [3.05, 3.63) is 40.1 Å². The summed E-state index contributed by atoms with van der Waals surface area (Å²) in [6.45, 7) is 3.49. The molecule has 0 aliphatic rings. The Labute approximate surface area is 116 Å². The van der Waals surface area contributed by atoms with Crippen LogP contribution in [0.4, 0.5) is 11.4 Å². The van der Waals surface area contributed by atoms with Crippen molar-refractivity contribution < 1.29 is 8.42 Å². The van der Waals surface area contributed by atoms with E-state index in [1.165, 1.54) is 11.3 Å². The quantitative estimate of drug-likeness (QED) is 0.598. The third kappa shape index (κ3) is 2.89. The average molecular weight is 297 g/mol. The van der Waals surface area contributed by atoms with Crippen LogP contribution in [0, 0.1) is 13.8 Å². The van der Waals surface area contributed by atoms with Crippen LogP contribution in [0.25, 0.3) is 0 Å². The number of hydrogen-bond acceptors (Lipinski definition) is 5. The smallest absolute Gasteiger partial charge is 0.262 e. The molecule has 0 aliphatic carbocycles. The minimum absolute atomic E-state index is 0.290. The predicted molar refractivity (Wildman–Crippen MR) is 78.9 cm³/mol. The summed E-state index contributed by atoms with van der Waals surface area (Å²) in [6.07, 6.45) is 0. The van der Waals surface area contributed by atoms with Crippen molar-refractivity contribution in [1.82, 2.24) is 0 Å². The number of hydrazine groups is 1. The Morgan fingerprint density at radius 2 is 1.79 bits per heavy atom. The van der Waals surface area contributed by atoms with Gasteiger partial charge in [-0.15, -0.1) is 0 Å². The fourth-order valence-electron chi connectivity index (χ4n) is 1.99. The van der Waals surface area contributed by atoms with Crippen LogP contribution in [0.3, 0.4) is 0 Å². The van der Waals surface area contributed by atoms with E-state index in [0.29, 0.717) is 22.5 Å². The van der Waals surface area contributed by atoms with Gasteiger partial charge < -0.3 is 5.43 Å². The van der Waals surface area contributed by atoms with Crippen molar-refractivity contribution in [2.24, 2.45) is 5.84 Å². The topological polar surface area (TPSA) is 84.2 Å². The zero-order chi connectivity index (χ0) is 14.0. The molecule has 2 rings (SSSR count). The van der Waals surface area contributed by atoms with Gasteiger partial charge >= 0.3 is 0 Å². The van der Waals surface area contributed by atoms with Crippen LogP contribution in [0.5, 0.6) is 0 Å². The molecule has 0 radical (unpaired) electrons. The van der Waals surface area contributed by atoms with Gasteiger partial charge in [0.05, 0.1) is 10.6 Å². The van der Waals surface area contributed by atoms with Crippen LogP contribution in [0.2, 0.25) is 0 Å². The maximum atomic E-state index is 12.4. The number of aryl methyl sites for hydroxylation is 2. The first-order valence-electron chi connectivity index (χ1n) is 5.57. The molecular weight excluding hydrogens is 282 g/mol. The summed E-state index contributed by atoms with van der Waals surface area (Å²) in [5, 5.41) is 3.57. The number of rotatable bonds is 4. The number of benzene rings is 1. The molecule has 0 bridgehead atoms. The molecule has 0 fully saturated rings. The normalized spacial score (nSPS) is 11.3. The lowest BCUT2D eigenvalue weighted by molar-refractivity contribution is 0.600. The second kappa shape index (κ2) is 5.20. The molecular formula is C12H15N3O2S2. The molecule has 0 unspecified atom stereocenters. The van der Waals surface area contributed by atoms with Crippen LogP contribution in [0.15, 0.2) is 33.9 Å². The maximum absolute atomic E-state index is 12.4. The third-order valence-corrected chi connectivity index (χ3v) is 5.04. The first kappa shape index (κ1) is 13.9. The van der Waals surface area contributed by atoms with E-state index in [9.17, 15) is 8.42 Å². The Hall–Kier alpha value is -1.57. The highest BCUT2D eigenvalue weighted by atomic mass is 32.2. The second-order valence-electron chi connectivity index (χ2n) is 4.20. The molecule has 102 valence electrons. The van der Waals surface area contributed by atoms with Gasteiger partial charge in [-0.05, 0) is 48.6 Å². The predicted octanol–water partition coefficient (Wildman–Crippen LogP) is 2.45. The van der Waals surface area contributed by atoms with E-state index in [2.05, 4.69) is 10.1 Å². The number of thiophene rings is 1. The fraction of sp³-hybridized carbons (Fsp3) is 0.167. The third-order valence-electron chi connectivity index (χ3n) is 2.67. The van der Waals surface area contributed by atoms with Gasteiger partial charge in [0.25, 0.3) is 10.0 Å². The monoisotopic (exact) mass is 297 g/mol. The van der Waals surface area contributed by atoms with Crippen LogP contribution < -0.4 is 16.0 Å². The minimum Gasteiger partial charge on any atom is -0.324 e. The van der Waals surface area contributed by atoms with Gasteiger partial charge in [-0.25, -0.2) is 8.42 Å². The number of nitrogens with two attached hydrogens (primary N) is 1. The summed E-state index contributed by atoms with van der Waals surface area (Å²) in [7, 11) is -3.58. The van der Waals surface area contributed by atoms with Gasteiger partial charge in [0, 0.05) is 11.1 Å². The molecule has 0 atom stereocenters. The van der Waals surface area contributed by atoms with Gasteiger partial charge in [-0.1, -0.05) is 0 Å². The van der Waals surface area contributed by atoms with Crippen molar-refractivity contribution in [2.45, 2.75) is 18.7 Å². The molecule has 0 amide bonds. The van der Waals surface area contributed by atoms with E-state index < -0.39 is 10.0 Å². The lowest BCUT2D eigenvalue weighted by atomic mass is 10.1. The molecule has 1 aromatic heterocycles. The highest BCUT2D eigenvalue weighted by Gasteiger charge is 2.20. The van der Waals surface area contributed by atoms with Crippen LogP contribution in [-0.2, 0) is 10.0 Å². The highest BCUT2D eigenvalue weighted by Crippen LogP contribution is 2.26. The van der Waals surface area contributed by atoms with Crippen LogP contribution in [-0.4, -0.2) is 8.42 Å². The Kier molecular flexibility index (Phi) is 3.79. The molecule has 0 aliphatic heterocycles. The Balaban J connectivity index is 2.46. The number of anilines is 2. The lowest BCUT2D eigenvalue weighted by Gasteiger charge is -2.13. The molecule has 1 heterocycles. The summed E-state index contributed by atoms with van der Waals surface area (Å²) in [5.41, 5.74) is 5.08. The van der Waals surface area contributed by atoms with Gasteiger partial charge in [-0.3, -0.25) is 10.6 Å². The number of nitrogens with one attached hydrogen (secondary N) is 2. The second-order valence-corrected chi connectivity index (χ2v) is 6.60. The Morgan fingerprint density at radius 1 is 1.16 bits per heavy atom. The minimum atomic E-state index is -3.58. The molecule has 2 aromatic rings. The van der Waals surface area contributed by atoms with E-state index in [1.54, 1.807) is 37.4 Å². The first-order chi connectivity index (χ1) is 8.94. The van der Waals surface area contributed by atoms with Gasteiger partial charge in [0.2, 0.25) is 0 Å². The van der Waals surface area contributed by atoms with Crippen molar-refractivity contribution in [1.29, 1.82) is 0 Å². The molecule has 4 N–H and O–H groups in total. The number of sulfonamides is 1. The van der Waals surface area contributed by atoms with Crippen LogP contribution >= 0.6 is 11.3 Å². The standard InChI is InChI=1S/C12H15N3O2S2/c1-8-5-11(14-13)6-9(2)12(8)19(16,17)15-10-3-4-18-7-10/h3-7,14-15H,13H2,1-2H3. The summed E-state index contributed by atoms with van der Waals surface area (Å²) in [5.74, 6) is 5.34. The van der Waals surface area contributed by atoms with E-state index >= 15 is 0 Å². The van der Waals surface area contributed by atoms with Gasteiger partial charge in [0.15, 0.2) is 0 Å². The first-order valence-corrected chi connectivity index (χ1v) is 7.99. The molecule has 0 saturated carbocycles. The summed E-state index contributed by atoms with van der Waals surface area (Å²) in [6, 6.07) is 5.13. The van der Waals surface area contributed by atoms with Gasteiger partial charge in [-0.2, -0.15) is 11.3 Å². The van der Waals surface area contributed by atoms with Crippen molar-refractivity contribution in [3.63, 3.8) is 0 Å². The molecule has 0 spiro atoms. The van der Waals surface area contributed by atoms with E-state index in [1.807, 2.05) is 5.38 Å². The summed E-state index contributed by atoms with van der Waals surface area (Å²) in [4.78, 5) is 0.290. The average Bonchev–Trinajstić information content (AvgIpc) is 2.79. The van der Waals surface area contributed by atoms with E-state index in [0.717, 1.165) is 0 Å². The number of hydrogen-bond donors (Lipinski definition) is 3. The van der Waals surface area contributed by atoms with E-state index in [-0.39, 0.29) is 4.90 Å². The Morgan fingerprint density at radius 3 is 2.26 bits per heavy atom. The Bertz CT molecular complexity index is 656. The highest BCUT2D eigenvalue weighted by molar-refractivity contribution is 7.92. The maximum Gasteiger partial charge on any atom is 0.262 e. The van der Waals surface area contributed by atoms with Crippen molar-refractivity contribution >= 4 is 32.7 Å². The molecule has 5 nitrogen and oxygen atoms in total. The summed E-state index contributed by atoms with van der Waals surface area (Å²) < 4.78 is 27.3. The number of nitrogen functional groups attached to an aromatic ring is 1. The van der Waals surface area contributed by atoms with Crippen molar-refractivity contribution in [3.8, 4) is 0 Å². The lowest BCUT2D eigenvalue weighted by Crippen LogP contribution is -2.16. The summed E-state index contributed by atoms with van der Waals surface area (Å²) >= 11 is 1.44. The zero-order valence-electron chi connectivity index (χ0n) is 10.6. The molecule has 19 heavy (non-hydrogen) atoms. The SMILES string of the molecule is Cc1cc(NN)cc(C)c1S(=O)(=O)Nc1ccsc1. The largest absolute Gasteiger partial charge is 0.324 e. The van der Waals surface area contributed by atoms with Crippen molar-refractivity contribution in [2.75, 3.05) is 10.1 Å². The fourth-order valence-corrected chi connectivity index (χ4v) is 4.15. The van der Waals surface area contributed by atoms with E-state index in [4.69, 9.17) is 5.84 Å². The molecule has 7 heteroatoms. The molecule has 1 aromatic carbocycles. The van der Waals surface area contributed by atoms with Gasteiger partial charge in [0.1, 0.15) is 0 Å². The zero-order valence-corrected chi connectivity index (χ0v) is 12.2. The van der Waals surface area contributed by atoms with Crippen LogP contribution in [0.1, 0.15) is 11.1 Å².